The Morgan fingerprint density at radius 2 is 2.24 bits per heavy atom. The van der Waals surface area contributed by atoms with Gasteiger partial charge in [-0.1, -0.05) is 18.5 Å². The Labute approximate surface area is 129 Å². The number of amides is 1. The molecule has 1 saturated heterocycles. The highest BCUT2D eigenvalue weighted by Crippen LogP contribution is 2.21. The molecule has 6 heteroatoms. The van der Waals surface area contributed by atoms with Gasteiger partial charge in [-0.3, -0.25) is 9.59 Å². The SMILES string of the molecule is CCc1cc(C(=O)N2CCCC(C(=O)OC)C2)cc(Cl)n1. The summed E-state index contributed by atoms with van der Waals surface area (Å²) in [5, 5.41) is 0.319. The van der Waals surface area contributed by atoms with Gasteiger partial charge in [0.25, 0.3) is 5.91 Å². The maximum absolute atomic E-state index is 12.6. The molecule has 0 spiro atoms. The third kappa shape index (κ3) is 3.73. The molecule has 0 aromatic carbocycles. The molecule has 0 N–H and O–H groups in total. The van der Waals surface area contributed by atoms with Gasteiger partial charge in [-0.25, -0.2) is 4.98 Å². The summed E-state index contributed by atoms with van der Waals surface area (Å²) in [5.41, 5.74) is 1.31. The number of hydrogen-bond donors (Lipinski definition) is 0. The molecule has 21 heavy (non-hydrogen) atoms. The molecule has 0 aliphatic carbocycles. The first-order chi connectivity index (χ1) is 10.0. The number of halogens is 1. The number of carbonyl (C=O) groups is 2. The van der Waals surface area contributed by atoms with E-state index in [1.807, 2.05) is 6.92 Å². The molecule has 2 heterocycles. The van der Waals surface area contributed by atoms with Crippen LogP contribution in [0.4, 0.5) is 0 Å². The minimum absolute atomic E-state index is 0.109. The first-order valence-corrected chi connectivity index (χ1v) is 7.46. The second kappa shape index (κ2) is 6.89. The van der Waals surface area contributed by atoms with E-state index in [0.717, 1.165) is 18.5 Å². The van der Waals surface area contributed by atoms with Crippen molar-refractivity contribution in [1.29, 1.82) is 0 Å². The summed E-state index contributed by atoms with van der Waals surface area (Å²) >= 11 is 5.96. The van der Waals surface area contributed by atoms with Crippen molar-refractivity contribution in [3.8, 4) is 0 Å². The van der Waals surface area contributed by atoms with Crippen LogP contribution in [-0.2, 0) is 16.0 Å². The summed E-state index contributed by atoms with van der Waals surface area (Å²) in [4.78, 5) is 30.0. The number of hydrogen-bond acceptors (Lipinski definition) is 4. The van der Waals surface area contributed by atoms with Gasteiger partial charge in [0.2, 0.25) is 0 Å². The zero-order chi connectivity index (χ0) is 15.4. The van der Waals surface area contributed by atoms with Crippen LogP contribution in [-0.4, -0.2) is 42.0 Å². The molecule has 2 rings (SSSR count). The Morgan fingerprint density at radius 3 is 2.90 bits per heavy atom. The van der Waals surface area contributed by atoms with E-state index in [2.05, 4.69) is 4.98 Å². The number of carbonyl (C=O) groups excluding carboxylic acids is 2. The van der Waals surface area contributed by atoms with Gasteiger partial charge in [0.05, 0.1) is 13.0 Å². The standard InChI is InChI=1S/C15H19ClN2O3/c1-3-12-7-11(8-13(16)17-12)14(19)18-6-4-5-10(9-18)15(20)21-2/h7-8,10H,3-6,9H2,1-2H3. The number of ether oxygens (including phenoxy) is 1. The summed E-state index contributed by atoms with van der Waals surface area (Å²) in [6.45, 7) is 3.00. The molecule has 1 amide bonds. The number of esters is 1. The quantitative estimate of drug-likeness (QED) is 0.635. The summed E-state index contributed by atoms with van der Waals surface area (Å²) in [6.07, 6.45) is 2.27. The minimum atomic E-state index is -0.255. The Hall–Kier alpha value is -1.62. The lowest BCUT2D eigenvalue weighted by atomic mass is 9.97. The summed E-state index contributed by atoms with van der Waals surface area (Å²) in [6, 6.07) is 3.33. The van der Waals surface area contributed by atoms with Crippen LogP contribution in [0, 0.1) is 5.92 Å². The fourth-order valence-electron chi connectivity index (χ4n) is 2.56. The van der Waals surface area contributed by atoms with Crippen molar-refractivity contribution in [2.45, 2.75) is 26.2 Å². The summed E-state index contributed by atoms with van der Waals surface area (Å²) in [5.74, 6) is -0.604. The van der Waals surface area contributed by atoms with E-state index in [1.165, 1.54) is 7.11 Å². The molecular weight excluding hydrogens is 292 g/mol. The molecule has 1 aromatic rings. The van der Waals surface area contributed by atoms with Crippen LogP contribution in [0.15, 0.2) is 12.1 Å². The number of aromatic nitrogens is 1. The highest BCUT2D eigenvalue weighted by Gasteiger charge is 2.29. The Bertz CT molecular complexity index is 548. The largest absolute Gasteiger partial charge is 0.469 e. The minimum Gasteiger partial charge on any atom is -0.469 e. The Balaban J connectivity index is 2.15. The van der Waals surface area contributed by atoms with Gasteiger partial charge in [0.1, 0.15) is 5.15 Å². The fourth-order valence-corrected chi connectivity index (χ4v) is 2.79. The molecule has 5 nitrogen and oxygen atoms in total. The molecule has 0 radical (unpaired) electrons. The van der Waals surface area contributed by atoms with Crippen molar-refractivity contribution in [3.63, 3.8) is 0 Å². The highest BCUT2D eigenvalue weighted by molar-refractivity contribution is 6.29. The van der Waals surface area contributed by atoms with Gasteiger partial charge in [-0.15, -0.1) is 0 Å². The van der Waals surface area contributed by atoms with Crippen LogP contribution in [0.2, 0.25) is 5.15 Å². The number of likely N-dealkylation sites (tertiary alicyclic amines) is 1. The van der Waals surface area contributed by atoms with Crippen molar-refractivity contribution in [2.24, 2.45) is 5.92 Å². The first kappa shape index (κ1) is 15.8. The van der Waals surface area contributed by atoms with Crippen molar-refractivity contribution >= 4 is 23.5 Å². The monoisotopic (exact) mass is 310 g/mol. The Kier molecular flexibility index (Phi) is 5.17. The molecule has 0 bridgehead atoms. The third-order valence-electron chi connectivity index (χ3n) is 3.70. The molecule has 0 saturated carbocycles. The normalized spacial score (nSPS) is 18.4. The average Bonchev–Trinajstić information content (AvgIpc) is 2.52. The third-order valence-corrected chi connectivity index (χ3v) is 3.89. The van der Waals surface area contributed by atoms with Crippen LogP contribution in [0.1, 0.15) is 35.8 Å². The van der Waals surface area contributed by atoms with Crippen LogP contribution in [0.25, 0.3) is 0 Å². The van der Waals surface area contributed by atoms with E-state index in [4.69, 9.17) is 16.3 Å². The van der Waals surface area contributed by atoms with Gasteiger partial charge < -0.3 is 9.64 Å². The number of rotatable bonds is 3. The maximum atomic E-state index is 12.6. The average molecular weight is 311 g/mol. The van der Waals surface area contributed by atoms with Crippen molar-refractivity contribution in [1.82, 2.24) is 9.88 Å². The highest BCUT2D eigenvalue weighted by atomic mass is 35.5. The maximum Gasteiger partial charge on any atom is 0.310 e. The van der Waals surface area contributed by atoms with Crippen molar-refractivity contribution in [3.05, 3.63) is 28.5 Å². The van der Waals surface area contributed by atoms with Gasteiger partial charge in [0.15, 0.2) is 0 Å². The Morgan fingerprint density at radius 1 is 1.48 bits per heavy atom. The van der Waals surface area contributed by atoms with Crippen LogP contribution < -0.4 is 0 Å². The predicted octanol–water partition coefficient (Wildman–Crippen LogP) is 2.32. The van der Waals surface area contributed by atoms with E-state index in [0.29, 0.717) is 30.2 Å². The van der Waals surface area contributed by atoms with Gasteiger partial charge in [0, 0.05) is 24.3 Å². The van der Waals surface area contributed by atoms with E-state index in [1.54, 1.807) is 17.0 Å². The number of methoxy groups -OCH3 is 1. The predicted molar refractivity (Wildman–Crippen MR) is 79.3 cm³/mol. The van der Waals surface area contributed by atoms with Crippen molar-refractivity contribution < 1.29 is 14.3 Å². The molecule has 1 unspecified atom stereocenters. The van der Waals surface area contributed by atoms with Crippen LogP contribution in [0.3, 0.4) is 0 Å². The van der Waals surface area contributed by atoms with E-state index in [-0.39, 0.29) is 17.8 Å². The lowest BCUT2D eigenvalue weighted by Crippen LogP contribution is -2.42. The van der Waals surface area contributed by atoms with Crippen LogP contribution in [0.5, 0.6) is 0 Å². The van der Waals surface area contributed by atoms with Gasteiger partial charge >= 0.3 is 5.97 Å². The molecular formula is C15H19ClN2O3. The van der Waals surface area contributed by atoms with Crippen molar-refractivity contribution in [2.75, 3.05) is 20.2 Å². The number of aryl methyl sites for hydroxylation is 1. The number of nitrogens with zero attached hydrogens (tertiary/aromatic N) is 2. The molecule has 1 aromatic heterocycles. The molecule has 114 valence electrons. The lowest BCUT2D eigenvalue weighted by molar-refractivity contribution is -0.146. The summed E-state index contributed by atoms with van der Waals surface area (Å²) < 4.78 is 4.77. The zero-order valence-corrected chi connectivity index (χ0v) is 13.0. The molecule has 1 aliphatic heterocycles. The lowest BCUT2D eigenvalue weighted by Gasteiger charge is -2.31. The first-order valence-electron chi connectivity index (χ1n) is 7.08. The van der Waals surface area contributed by atoms with Gasteiger partial charge in [-0.05, 0) is 31.4 Å². The molecule has 1 fully saturated rings. The van der Waals surface area contributed by atoms with E-state index >= 15 is 0 Å². The molecule has 1 atom stereocenters. The van der Waals surface area contributed by atoms with E-state index < -0.39 is 0 Å². The van der Waals surface area contributed by atoms with Gasteiger partial charge in [-0.2, -0.15) is 0 Å². The summed E-state index contributed by atoms with van der Waals surface area (Å²) in [7, 11) is 1.37. The van der Waals surface area contributed by atoms with E-state index in [9.17, 15) is 9.59 Å². The topological polar surface area (TPSA) is 59.5 Å². The molecule has 1 aliphatic rings. The number of piperidine rings is 1. The zero-order valence-electron chi connectivity index (χ0n) is 12.3. The second-order valence-corrected chi connectivity index (χ2v) is 5.52. The number of pyridine rings is 1. The fraction of sp³-hybridized carbons (Fsp3) is 0.533. The van der Waals surface area contributed by atoms with Crippen LogP contribution >= 0.6 is 11.6 Å². The smallest absolute Gasteiger partial charge is 0.310 e. The second-order valence-electron chi connectivity index (χ2n) is 5.14.